The predicted molar refractivity (Wildman–Crippen MR) is 77.2 cm³/mol. The molecule has 0 aliphatic rings. The van der Waals surface area contributed by atoms with Crippen LogP contribution in [-0.4, -0.2) is 16.6 Å². The van der Waals surface area contributed by atoms with Gasteiger partial charge in [0.15, 0.2) is 0 Å². The van der Waals surface area contributed by atoms with Gasteiger partial charge in [-0.2, -0.15) is 0 Å². The summed E-state index contributed by atoms with van der Waals surface area (Å²) in [5, 5.41) is 11.2. The van der Waals surface area contributed by atoms with Crippen molar-refractivity contribution in [3.05, 3.63) is 64.4 Å². The molecule has 0 saturated heterocycles. The fraction of sp³-hybridized carbons (Fsp3) is 0.267. The topological polar surface area (TPSA) is 59.1 Å². The number of nitrogens with zero attached hydrogens (tertiary/aromatic N) is 1. The van der Waals surface area contributed by atoms with E-state index >= 15 is 0 Å². The molecule has 4 heteroatoms. The minimum atomic E-state index is -0.687. The van der Waals surface area contributed by atoms with Crippen molar-refractivity contribution >= 4 is 11.6 Å². The normalized spacial score (nSPS) is 14.1. The summed E-state index contributed by atoms with van der Waals surface area (Å²) in [6, 6.07) is 9.30. The Labute approximate surface area is 118 Å². The van der Waals surface area contributed by atoms with Crippen LogP contribution in [0.4, 0.5) is 0 Å². The zero-order chi connectivity index (χ0) is 13.8. The molecule has 0 saturated carbocycles. The first-order chi connectivity index (χ1) is 9.15. The van der Waals surface area contributed by atoms with Gasteiger partial charge in [-0.15, -0.1) is 0 Å². The lowest BCUT2D eigenvalue weighted by Gasteiger charge is -2.23. The molecule has 0 amide bonds. The van der Waals surface area contributed by atoms with Crippen LogP contribution in [-0.2, 0) is 0 Å². The third kappa shape index (κ3) is 2.95. The molecule has 0 aliphatic heterocycles. The van der Waals surface area contributed by atoms with E-state index in [9.17, 15) is 5.11 Å². The van der Waals surface area contributed by atoms with Gasteiger partial charge in [0.05, 0.1) is 6.10 Å². The molecular formula is C15H17ClN2O. The van der Waals surface area contributed by atoms with Gasteiger partial charge in [-0.25, -0.2) is 0 Å². The first-order valence-corrected chi connectivity index (χ1v) is 6.56. The summed E-state index contributed by atoms with van der Waals surface area (Å²) in [5.41, 5.74) is 8.44. The van der Waals surface area contributed by atoms with Crippen molar-refractivity contribution in [1.29, 1.82) is 0 Å². The monoisotopic (exact) mass is 276 g/mol. The molecule has 3 N–H and O–H groups in total. The number of aromatic nitrogens is 1. The number of nitrogens with two attached hydrogens (primary N) is 1. The lowest BCUT2D eigenvalue weighted by atomic mass is 9.88. The highest BCUT2D eigenvalue weighted by Crippen LogP contribution is 2.33. The van der Waals surface area contributed by atoms with Gasteiger partial charge >= 0.3 is 0 Å². The van der Waals surface area contributed by atoms with Crippen molar-refractivity contribution in [3.8, 4) is 0 Å². The van der Waals surface area contributed by atoms with Crippen molar-refractivity contribution < 1.29 is 5.11 Å². The number of aliphatic hydroxyl groups is 1. The van der Waals surface area contributed by atoms with Crippen LogP contribution in [0.1, 0.15) is 28.7 Å². The molecule has 1 aromatic carbocycles. The van der Waals surface area contributed by atoms with E-state index in [4.69, 9.17) is 17.3 Å². The Balaban J connectivity index is 2.36. The zero-order valence-corrected chi connectivity index (χ0v) is 11.5. The highest BCUT2D eigenvalue weighted by molar-refractivity contribution is 6.31. The minimum Gasteiger partial charge on any atom is -0.388 e. The Morgan fingerprint density at radius 3 is 2.74 bits per heavy atom. The van der Waals surface area contributed by atoms with Crippen molar-refractivity contribution in [2.24, 2.45) is 5.73 Å². The van der Waals surface area contributed by atoms with Gasteiger partial charge in [-0.3, -0.25) is 4.98 Å². The number of aliphatic hydroxyl groups excluding tert-OH is 1. The maximum absolute atomic E-state index is 10.6. The number of hydrogen-bond donors (Lipinski definition) is 2. The summed E-state index contributed by atoms with van der Waals surface area (Å²) in [4.78, 5) is 4.08. The highest BCUT2D eigenvalue weighted by atomic mass is 35.5. The second-order valence-corrected chi connectivity index (χ2v) is 4.93. The average Bonchev–Trinajstić information content (AvgIpc) is 2.44. The van der Waals surface area contributed by atoms with E-state index in [1.807, 2.05) is 37.3 Å². The Kier molecular flexibility index (Phi) is 4.53. The van der Waals surface area contributed by atoms with Crippen LogP contribution in [0, 0.1) is 6.92 Å². The van der Waals surface area contributed by atoms with E-state index in [-0.39, 0.29) is 5.92 Å². The van der Waals surface area contributed by atoms with Gasteiger partial charge in [0.2, 0.25) is 0 Å². The summed E-state index contributed by atoms with van der Waals surface area (Å²) >= 11 is 6.10. The van der Waals surface area contributed by atoms with E-state index in [0.29, 0.717) is 11.6 Å². The molecule has 1 aromatic heterocycles. The zero-order valence-electron chi connectivity index (χ0n) is 10.8. The number of rotatable bonds is 4. The van der Waals surface area contributed by atoms with Crippen molar-refractivity contribution in [1.82, 2.24) is 4.98 Å². The third-order valence-electron chi connectivity index (χ3n) is 3.38. The predicted octanol–water partition coefficient (Wildman–Crippen LogP) is 2.82. The van der Waals surface area contributed by atoms with Crippen LogP contribution in [0.2, 0.25) is 5.02 Å². The van der Waals surface area contributed by atoms with Crippen LogP contribution < -0.4 is 5.73 Å². The minimum absolute atomic E-state index is 0.189. The average molecular weight is 277 g/mol. The highest BCUT2D eigenvalue weighted by Gasteiger charge is 2.23. The Bertz CT molecular complexity index is 545. The van der Waals surface area contributed by atoms with Crippen LogP contribution in [0.15, 0.2) is 42.7 Å². The van der Waals surface area contributed by atoms with E-state index in [0.717, 1.165) is 16.7 Å². The van der Waals surface area contributed by atoms with Gasteiger partial charge in [0.25, 0.3) is 0 Å². The number of benzene rings is 1. The summed E-state index contributed by atoms with van der Waals surface area (Å²) in [5.74, 6) is -0.189. The van der Waals surface area contributed by atoms with Gasteiger partial charge in [0, 0.05) is 29.9 Å². The first kappa shape index (κ1) is 14.0. The molecule has 0 fully saturated rings. The molecule has 0 aliphatic carbocycles. The van der Waals surface area contributed by atoms with Gasteiger partial charge in [-0.1, -0.05) is 29.8 Å². The summed E-state index contributed by atoms with van der Waals surface area (Å²) in [6.07, 6.45) is 2.75. The molecule has 0 bridgehead atoms. The molecule has 2 aromatic rings. The number of pyridine rings is 1. The lowest BCUT2D eigenvalue weighted by Crippen LogP contribution is -2.21. The maximum atomic E-state index is 10.6. The van der Waals surface area contributed by atoms with Crippen molar-refractivity contribution in [3.63, 3.8) is 0 Å². The first-order valence-electron chi connectivity index (χ1n) is 6.18. The number of halogens is 1. The summed E-state index contributed by atoms with van der Waals surface area (Å²) in [6.45, 7) is 2.25. The number of hydrogen-bond acceptors (Lipinski definition) is 3. The summed E-state index contributed by atoms with van der Waals surface area (Å²) in [7, 11) is 0. The van der Waals surface area contributed by atoms with Gasteiger partial charge in [-0.05, 0) is 35.7 Å². The Morgan fingerprint density at radius 2 is 2.11 bits per heavy atom. The van der Waals surface area contributed by atoms with E-state index in [1.54, 1.807) is 12.4 Å². The lowest BCUT2D eigenvalue weighted by molar-refractivity contribution is 0.146. The smallest absolute Gasteiger partial charge is 0.0874 e. The van der Waals surface area contributed by atoms with Crippen molar-refractivity contribution in [2.75, 3.05) is 6.54 Å². The van der Waals surface area contributed by atoms with E-state index in [2.05, 4.69) is 4.98 Å². The molecule has 2 rings (SSSR count). The van der Waals surface area contributed by atoms with Crippen LogP contribution in [0.25, 0.3) is 0 Å². The third-order valence-corrected chi connectivity index (χ3v) is 3.79. The molecule has 0 radical (unpaired) electrons. The molecular weight excluding hydrogens is 260 g/mol. The fourth-order valence-electron chi connectivity index (χ4n) is 2.20. The quantitative estimate of drug-likeness (QED) is 0.903. The molecule has 19 heavy (non-hydrogen) atoms. The van der Waals surface area contributed by atoms with Gasteiger partial charge in [0.1, 0.15) is 0 Å². The van der Waals surface area contributed by atoms with Crippen LogP contribution >= 0.6 is 11.6 Å². The standard InChI is InChI=1S/C15H17ClN2O/c1-10-12(5-2-6-14(10)16)15(19)13(8-17)11-4-3-7-18-9-11/h2-7,9,13,15,19H,8,17H2,1H3. The molecule has 100 valence electrons. The second-order valence-electron chi connectivity index (χ2n) is 4.53. The Hall–Kier alpha value is -1.42. The Morgan fingerprint density at radius 1 is 1.32 bits per heavy atom. The fourth-order valence-corrected chi connectivity index (χ4v) is 2.39. The molecule has 2 unspecified atom stereocenters. The maximum Gasteiger partial charge on any atom is 0.0874 e. The molecule has 3 nitrogen and oxygen atoms in total. The van der Waals surface area contributed by atoms with E-state index < -0.39 is 6.10 Å². The largest absolute Gasteiger partial charge is 0.388 e. The summed E-state index contributed by atoms with van der Waals surface area (Å²) < 4.78 is 0. The van der Waals surface area contributed by atoms with Gasteiger partial charge < -0.3 is 10.8 Å². The SMILES string of the molecule is Cc1c(Cl)cccc1C(O)C(CN)c1cccnc1. The van der Waals surface area contributed by atoms with Crippen molar-refractivity contribution in [2.45, 2.75) is 18.9 Å². The molecule has 0 spiro atoms. The molecule has 2 atom stereocenters. The molecule has 1 heterocycles. The van der Waals surface area contributed by atoms with Crippen LogP contribution in [0.5, 0.6) is 0 Å². The second kappa shape index (κ2) is 6.15. The van der Waals surface area contributed by atoms with E-state index in [1.165, 1.54) is 0 Å². The van der Waals surface area contributed by atoms with Crippen LogP contribution in [0.3, 0.4) is 0 Å².